The van der Waals surface area contributed by atoms with Gasteiger partial charge in [0.15, 0.2) is 0 Å². The van der Waals surface area contributed by atoms with Crippen molar-refractivity contribution in [3.63, 3.8) is 0 Å². The average Bonchev–Trinajstić information content (AvgIpc) is 3.28. The van der Waals surface area contributed by atoms with Crippen LogP contribution in [0.1, 0.15) is 40.5 Å². The number of imidazole rings is 1. The van der Waals surface area contributed by atoms with E-state index in [1.54, 1.807) is 0 Å². The number of carbonyl (C=O) groups excluding carboxylic acids is 1. The highest BCUT2D eigenvalue weighted by Gasteiger charge is 2.27. The Balaban J connectivity index is 1.36. The molecule has 6 heteroatoms. The Morgan fingerprint density at radius 2 is 1.79 bits per heavy atom. The van der Waals surface area contributed by atoms with Crippen LogP contribution in [-0.2, 0) is 0 Å². The van der Waals surface area contributed by atoms with Gasteiger partial charge in [-0.05, 0) is 56.5 Å². The quantitative estimate of drug-likeness (QED) is 0.546. The molecule has 1 aliphatic rings. The number of aryl methyl sites for hydroxylation is 2. The van der Waals surface area contributed by atoms with E-state index in [0.717, 1.165) is 40.3 Å². The van der Waals surface area contributed by atoms with E-state index in [1.165, 1.54) is 5.56 Å². The molecule has 0 bridgehead atoms. The maximum Gasteiger partial charge on any atom is 0.326 e. The maximum absolute atomic E-state index is 13.1. The summed E-state index contributed by atoms with van der Waals surface area (Å²) >= 11 is 0. The van der Waals surface area contributed by atoms with Crippen LogP contribution < -0.4 is 5.69 Å². The minimum Gasteiger partial charge on any atom is -0.350 e. The van der Waals surface area contributed by atoms with Crippen molar-refractivity contribution in [2.24, 2.45) is 0 Å². The number of hydrogen-bond donors (Lipinski definition) is 2. The molecule has 0 radical (unpaired) electrons. The third-order valence-corrected chi connectivity index (χ3v) is 6.04. The van der Waals surface area contributed by atoms with Crippen LogP contribution in [-0.4, -0.2) is 38.4 Å². The van der Waals surface area contributed by atoms with Crippen molar-refractivity contribution < 1.29 is 4.79 Å². The number of aromatic amines is 2. The van der Waals surface area contributed by atoms with Crippen LogP contribution in [0.5, 0.6) is 0 Å². The third kappa shape index (κ3) is 2.95. The van der Waals surface area contributed by atoms with E-state index in [9.17, 15) is 9.59 Å². The molecule has 2 N–H and O–H groups in total. The Labute approximate surface area is 168 Å². The Bertz CT molecular complexity index is 1290. The van der Waals surface area contributed by atoms with Gasteiger partial charge in [-0.15, -0.1) is 0 Å². The van der Waals surface area contributed by atoms with Gasteiger partial charge in [0.05, 0.1) is 11.0 Å². The Kier molecular flexibility index (Phi) is 4.08. The number of nitrogens with one attached hydrogen (secondary N) is 2. The van der Waals surface area contributed by atoms with E-state index < -0.39 is 0 Å². The van der Waals surface area contributed by atoms with Crippen molar-refractivity contribution >= 4 is 27.8 Å². The zero-order valence-electron chi connectivity index (χ0n) is 16.7. The number of nitrogens with zero attached hydrogens (tertiary/aromatic N) is 2. The smallest absolute Gasteiger partial charge is 0.326 e. The molecule has 148 valence electrons. The number of H-pyrrole nitrogens is 2. The van der Waals surface area contributed by atoms with Gasteiger partial charge in [0.1, 0.15) is 5.69 Å². The fraction of sp³-hybridized carbons (Fsp3) is 0.304. The second-order valence-corrected chi connectivity index (χ2v) is 8.07. The minimum absolute atomic E-state index is 0.0305. The summed E-state index contributed by atoms with van der Waals surface area (Å²) in [6.45, 7) is 5.41. The highest BCUT2D eigenvalue weighted by atomic mass is 16.2. The molecule has 6 nitrogen and oxygen atoms in total. The van der Waals surface area contributed by atoms with E-state index in [1.807, 2.05) is 39.8 Å². The van der Waals surface area contributed by atoms with E-state index in [0.29, 0.717) is 18.8 Å². The molecule has 0 saturated carbocycles. The molecule has 1 aliphatic heterocycles. The summed E-state index contributed by atoms with van der Waals surface area (Å²) in [5.41, 5.74) is 5.73. The largest absolute Gasteiger partial charge is 0.350 e. The molecular weight excluding hydrogens is 364 g/mol. The number of carbonyl (C=O) groups is 1. The minimum atomic E-state index is -0.0718. The lowest BCUT2D eigenvalue weighted by Crippen LogP contribution is -2.40. The lowest BCUT2D eigenvalue weighted by atomic mass is 10.0. The normalized spacial score (nSPS) is 15.4. The monoisotopic (exact) mass is 388 g/mol. The van der Waals surface area contributed by atoms with Gasteiger partial charge in [-0.25, -0.2) is 4.79 Å². The predicted molar refractivity (Wildman–Crippen MR) is 115 cm³/mol. The lowest BCUT2D eigenvalue weighted by molar-refractivity contribution is 0.0690. The van der Waals surface area contributed by atoms with Gasteiger partial charge in [-0.2, -0.15) is 0 Å². The van der Waals surface area contributed by atoms with Crippen molar-refractivity contribution in [3.8, 4) is 0 Å². The number of aromatic nitrogens is 3. The topological polar surface area (TPSA) is 73.9 Å². The summed E-state index contributed by atoms with van der Waals surface area (Å²) in [4.78, 5) is 33.6. The van der Waals surface area contributed by atoms with Crippen molar-refractivity contribution in [2.45, 2.75) is 32.7 Å². The average molecular weight is 388 g/mol. The highest BCUT2D eigenvalue weighted by Crippen LogP contribution is 2.27. The van der Waals surface area contributed by atoms with Crippen LogP contribution in [0, 0.1) is 13.8 Å². The van der Waals surface area contributed by atoms with Crippen LogP contribution >= 0.6 is 0 Å². The predicted octanol–water partition coefficient (Wildman–Crippen LogP) is 3.91. The molecule has 0 spiro atoms. The fourth-order valence-corrected chi connectivity index (χ4v) is 4.66. The SMILES string of the molecule is Cc1cc(C)c2[nH]c(C(=O)N3CCC(n4c(=O)[nH]c5ccccc54)CC3)cc2c1. The van der Waals surface area contributed by atoms with Gasteiger partial charge in [-0.1, -0.05) is 23.8 Å². The summed E-state index contributed by atoms with van der Waals surface area (Å²) in [5, 5.41) is 1.08. The van der Waals surface area contributed by atoms with Crippen LogP contribution in [0.2, 0.25) is 0 Å². The number of piperidine rings is 1. The molecule has 29 heavy (non-hydrogen) atoms. The number of amides is 1. The first kappa shape index (κ1) is 17.8. The molecule has 1 saturated heterocycles. The third-order valence-electron chi connectivity index (χ3n) is 6.04. The first-order valence-electron chi connectivity index (χ1n) is 10.1. The molecular formula is C23H24N4O2. The van der Waals surface area contributed by atoms with E-state index in [2.05, 4.69) is 35.9 Å². The summed E-state index contributed by atoms with van der Waals surface area (Å²) in [6, 6.07) is 14.1. The van der Waals surface area contributed by atoms with Crippen LogP contribution in [0.4, 0.5) is 0 Å². The standard InChI is InChI=1S/C23H24N4O2/c1-14-11-15(2)21-16(12-14)13-19(24-21)22(28)26-9-7-17(8-10-26)27-20-6-4-3-5-18(20)25-23(27)29/h3-6,11-13,17,24H,7-10H2,1-2H3,(H,25,29). The van der Waals surface area contributed by atoms with E-state index in [-0.39, 0.29) is 17.6 Å². The molecule has 0 aliphatic carbocycles. The number of benzene rings is 2. The molecule has 0 unspecified atom stereocenters. The Morgan fingerprint density at radius 1 is 1.03 bits per heavy atom. The number of fused-ring (bicyclic) bond motifs is 2. The molecule has 1 fully saturated rings. The lowest BCUT2D eigenvalue weighted by Gasteiger charge is -2.32. The number of rotatable bonds is 2. The number of hydrogen-bond acceptors (Lipinski definition) is 2. The molecule has 1 amide bonds. The Morgan fingerprint density at radius 3 is 2.59 bits per heavy atom. The molecule has 4 aromatic rings. The summed E-state index contributed by atoms with van der Waals surface area (Å²) in [5.74, 6) is 0.0305. The highest BCUT2D eigenvalue weighted by molar-refractivity contribution is 5.99. The van der Waals surface area contributed by atoms with Crippen molar-refractivity contribution in [1.82, 2.24) is 19.4 Å². The second-order valence-electron chi connectivity index (χ2n) is 8.07. The van der Waals surface area contributed by atoms with Crippen LogP contribution in [0.25, 0.3) is 21.9 Å². The van der Waals surface area contributed by atoms with E-state index in [4.69, 9.17) is 0 Å². The summed E-state index contributed by atoms with van der Waals surface area (Å²) < 4.78 is 1.85. The van der Waals surface area contributed by atoms with Gasteiger partial charge in [0, 0.05) is 30.0 Å². The molecule has 5 rings (SSSR count). The summed E-state index contributed by atoms with van der Waals surface area (Å²) in [7, 11) is 0. The molecule has 2 aromatic carbocycles. The Hall–Kier alpha value is -3.28. The second kappa shape index (κ2) is 6.65. The zero-order chi connectivity index (χ0) is 20.1. The van der Waals surface area contributed by atoms with Crippen LogP contribution in [0.15, 0.2) is 47.3 Å². The molecule has 0 atom stereocenters. The summed E-state index contributed by atoms with van der Waals surface area (Å²) in [6.07, 6.45) is 1.54. The number of para-hydroxylation sites is 2. The number of likely N-dealkylation sites (tertiary alicyclic amines) is 1. The van der Waals surface area contributed by atoms with Crippen LogP contribution in [0.3, 0.4) is 0 Å². The van der Waals surface area contributed by atoms with Crippen molar-refractivity contribution in [3.05, 3.63) is 69.8 Å². The molecule has 2 aromatic heterocycles. The molecule has 3 heterocycles. The van der Waals surface area contributed by atoms with Gasteiger partial charge in [0.2, 0.25) is 0 Å². The van der Waals surface area contributed by atoms with Gasteiger partial charge in [0.25, 0.3) is 5.91 Å². The van der Waals surface area contributed by atoms with Crippen molar-refractivity contribution in [2.75, 3.05) is 13.1 Å². The van der Waals surface area contributed by atoms with Gasteiger partial charge in [-0.3, -0.25) is 9.36 Å². The van der Waals surface area contributed by atoms with Gasteiger partial charge < -0.3 is 14.9 Å². The van der Waals surface area contributed by atoms with Crippen molar-refractivity contribution in [1.29, 1.82) is 0 Å². The maximum atomic E-state index is 13.1. The first-order valence-corrected chi connectivity index (χ1v) is 10.1. The first-order chi connectivity index (χ1) is 14.0. The zero-order valence-corrected chi connectivity index (χ0v) is 16.7. The fourth-order valence-electron chi connectivity index (χ4n) is 4.66. The van der Waals surface area contributed by atoms with Gasteiger partial charge >= 0.3 is 5.69 Å². The van der Waals surface area contributed by atoms with E-state index >= 15 is 0 Å².